The molecule has 1 aromatic heterocycles. The number of sulfone groups is 1. The summed E-state index contributed by atoms with van der Waals surface area (Å²) in [7, 11) is -2.59. The monoisotopic (exact) mass is 513 g/mol. The first-order chi connectivity index (χ1) is 17.8. The molecule has 0 aliphatic carbocycles. The van der Waals surface area contributed by atoms with Gasteiger partial charge in [0.2, 0.25) is 15.5 Å². The Hall–Kier alpha value is -4.24. The first kappa shape index (κ1) is 24.5. The van der Waals surface area contributed by atoms with Gasteiger partial charge in [-0.05, 0) is 35.7 Å². The highest BCUT2D eigenvalue weighted by atomic mass is 32.2. The van der Waals surface area contributed by atoms with Crippen molar-refractivity contribution in [3.8, 4) is 11.1 Å². The van der Waals surface area contributed by atoms with E-state index in [4.69, 9.17) is 5.41 Å². The molecule has 0 spiro atoms. The number of fused-ring (bicyclic) bond motifs is 1. The second kappa shape index (κ2) is 9.67. The minimum atomic E-state index is -4.14. The van der Waals surface area contributed by atoms with Gasteiger partial charge in [0.15, 0.2) is 0 Å². The maximum absolute atomic E-state index is 13.8. The van der Waals surface area contributed by atoms with Crippen LogP contribution in [0.25, 0.3) is 16.2 Å². The van der Waals surface area contributed by atoms with Crippen LogP contribution in [0.3, 0.4) is 0 Å². The van der Waals surface area contributed by atoms with Crippen molar-refractivity contribution in [1.29, 1.82) is 5.41 Å². The van der Waals surface area contributed by atoms with E-state index in [1.165, 1.54) is 16.7 Å². The zero-order valence-electron chi connectivity index (χ0n) is 20.5. The smallest absolute Gasteiger partial charge is 0.266 e. The molecule has 1 aliphatic rings. The van der Waals surface area contributed by atoms with Crippen molar-refractivity contribution in [2.75, 3.05) is 0 Å². The average molecular weight is 514 g/mol. The number of hydrogen-bond acceptors (Lipinski definition) is 6. The molecule has 0 saturated carbocycles. The summed E-state index contributed by atoms with van der Waals surface area (Å²) in [6.45, 7) is 2.44. The van der Waals surface area contributed by atoms with E-state index in [-0.39, 0.29) is 33.2 Å². The van der Waals surface area contributed by atoms with Crippen LogP contribution in [-0.4, -0.2) is 23.6 Å². The fraction of sp³-hybridized carbons (Fsp3) is 0.179. The molecule has 3 aromatic carbocycles. The van der Waals surface area contributed by atoms with Gasteiger partial charge in [-0.25, -0.2) is 13.4 Å². The van der Waals surface area contributed by atoms with Crippen LogP contribution < -0.4 is 27.2 Å². The van der Waals surface area contributed by atoms with Gasteiger partial charge in [-0.15, -0.1) is 0 Å². The standard InChI is InChI=1S/C28H27N5O3S/c1-19-18-33-25(29)24(27(34)32(2)28(33)31-19)26(37(35,36)23-11-7-4-8-12-23)30-17-20-13-15-22(16-14-20)21-9-5-3-6-10-21/h3-16,19,29-30H,17-18H2,1-2H3/b26-24-,29-25?/t19-/m1/s1. The molecule has 188 valence electrons. The predicted octanol–water partition coefficient (Wildman–Crippen LogP) is 1.68. The lowest BCUT2D eigenvalue weighted by molar-refractivity contribution is 0.581. The van der Waals surface area contributed by atoms with Crippen LogP contribution in [0.2, 0.25) is 0 Å². The molecule has 2 heterocycles. The van der Waals surface area contributed by atoms with Gasteiger partial charge >= 0.3 is 0 Å². The molecule has 0 bridgehead atoms. The third-order valence-electron chi connectivity index (χ3n) is 6.41. The molecule has 0 fully saturated rings. The van der Waals surface area contributed by atoms with E-state index in [0.717, 1.165) is 16.7 Å². The zero-order chi connectivity index (χ0) is 26.2. The van der Waals surface area contributed by atoms with Crippen LogP contribution in [0.5, 0.6) is 0 Å². The van der Waals surface area contributed by atoms with Crippen molar-refractivity contribution in [3.05, 3.63) is 117 Å². The Morgan fingerprint density at radius 3 is 2.22 bits per heavy atom. The summed E-state index contributed by atoms with van der Waals surface area (Å²) < 4.78 is 30.5. The minimum Gasteiger partial charge on any atom is -0.371 e. The summed E-state index contributed by atoms with van der Waals surface area (Å²) in [6, 6.07) is 25.6. The minimum absolute atomic E-state index is 0.0435. The molecule has 8 nitrogen and oxygen atoms in total. The highest BCUT2D eigenvalue weighted by molar-refractivity contribution is 8.00. The number of nitrogens with one attached hydrogen (secondary N) is 2. The summed E-state index contributed by atoms with van der Waals surface area (Å²) in [6.07, 6.45) is 0. The second-order valence-electron chi connectivity index (χ2n) is 9.04. The maximum Gasteiger partial charge on any atom is 0.266 e. The number of rotatable bonds is 6. The first-order valence-corrected chi connectivity index (χ1v) is 13.4. The fourth-order valence-electron chi connectivity index (χ4n) is 4.48. The molecule has 1 atom stereocenters. The number of hydrogen-bond donors (Lipinski definition) is 2. The van der Waals surface area contributed by atoms with Crippen LogP contribution in [0.15, 0.2) is 99.6 Å². The summed E-state index contributed by atoms with van der Waals surface area (Å²) >= 11 is 0. The molecule has 5 rings (SSSR count). The van der Waals surface area contributed by atoms with Crippen molar-refractivity contribution < 1.29 is 8.42 Å². The lowest BCUT2D eigenvalue weighted by Gasteiger charge is -2.14. The van der Waals surface area contributed by atoms with Gasteiger partial charge in [0.25, 0.3) is 5.56 Å². The summed E-state index contributed by atoms with van der Waals surface area (Å²) in [4.78, 5) is 17.9. The van der Waals surface area contributed by atoms with Gasteiger partial charge < -0.3 is 5.32 Å². The van der Waals surface area contributed by atoms with Crippen LogP contribution in [0.1, 0.15) is 12.5 Å². The lowest BCUT2D eigenvalue weighted by atomic mass is 10.0. The molecular weight excluding hydrogens is 486 g/mol. The molecule has 0 unspecified atom stereocenters. The van der Waals surface area contributed by atoms with Crippen molar-refractivity contribution in [2.24, 2.45) is 12.0 Å². The van der Waals surface area contributed by atoms with Crippen molar-refractivity contribution in [1.82, 2.24) is 14.5 Å². The number of aromatic nitrogens is 2. The van der Waals surface area contributed by atoms with Crippen molar-refractivity contribution in [3.63, 3.8) is 0 Å². The highest BCUT2D eigenvalue weighted by Gasteiger charge is 2.26. The number of benzene rings is 3. The summed E-state index contributed by atoms with van der Waals surface area (Å²) in [5.74, 6) is 0. The Kier molecular flexibility index (Phi) is 6.39. The average Bonchev–Trinajstić information content (AvgIpc) is 3.32. The normalized spacial score (nSPS) is 15.6. The van der Waals surface area contributed by atoms with Crippen LogP contribution in [-0.2, 0) is 30.0 Å². The van der Waals surface area contributed by atoms with Crippen LogP contribution in [0.4, 0.5) is 0 Å². The Morgan fingerprint density at radius 2 is 1.57 bits per heavy atom. The quantitative estimate of drug-likeness (QED) is 0.409. The molecule has 2 N–H and O–H groups in total. The van der Waals surface area contributed by atoms with E-state index >= 15 is 0 Å². The van der Waals surface area contributed by atoms with Gasteiger partial charge in [0.1, 0.15) is 15.7 Å². The maximum atomic E-state index is 13.8. The van der Waals surface area contributed by atoms with Crippen molar-refractivity contribution in [2.45, 2.75) is 31.0 Å². The van der Waals surface area contributed by atoms with Crippen LogP contribution >= 0.6 is 0 Å². The Labute approximate surface area is 214 Å². The predicted molar refractivity (Wildman–Crippen MR) is 142 cm³/mol. The van der Waals surface area contributed by atoms with E-state index in [1.54, 1.807) is 29.8 Å². The van der Waals surface area contributed by atoms with E-state index < -0.39 is 15.4 Å². The largest absolute Gasteiger partial charge is 0.371 e. The van der Waals surface area contributed by atoms with Gasteiger partial charge in [0.05, 0.1) is 10.9 Å². The second-order valence-corrected chi connectivity index (χ2v) is 10.9. The molecular formula is C28H27N5O3S. The molecule has 0 amide bonds. The SMILES string of the molecule is C[C@@H]1Cn2c(=N)/c(=C(\NCc3ccc(-c4ccccc4)cc3)S(=O)(=O)c3ccccc3)c(=O)n(C)c2=N1. The van der Waals surface area contributed by atoms with E-state index in [9.17, 15) is 13.2 Å². The molecule has 4 aromatic rings. The third kappa shape index (κ3) is 4.53. The van der Waals surface area contributed by atoms with E-state index in [0.29, 0.717) is 12.2 Å². The Morgan fingerprint density at radius 1 is 0.973 bits per heavy atom. The lowest BCUT2D eigenvalue weighted by Crippen LogP contribution is -2.58. The van der Waals surface area contributed by atoms with Crippen molar-refractivity contribution >= 4 is 14.9 Å². The van der Waals surface area contributed by atoms with Gasteiger partial charge in [-0.2, -0.15) is 0 Å². The van der Waals surface area contributed by atoms with Crippen LogP contribution in [0, 0.1) is 5.41 Å². The fourth-order valence-corrected chi connectivity index (χ4v) is 5.94. The van der Waals surface area contributed by atoms with Gasteiger partial charge in [-0.3, -0.25) is 19.3 Å². The van der Waals surface area contributed by atoms with E-state index in [2.05, 4.69) is 10.3 Å². The molecule has 9 heteroatoms. The van der Waals surface area contributed by atoms with E-state index in [1.807, 2.05) is 61.5 Å². The zero-order valence-corrected chi connectivity index (χ0v) is 21.4. The summed E-state index contributed by atoms with van der Waals surface area (Å²) in [5.41, 5.74) is 2.56. The third-order valence-corrected chi connectivity index (χ3v) is 8.19. The Balaban J connectivity index is 1.64. The van der Waals surface area contributed by atoms with Gasteiger partial charge in [-0.1, -0.05) is 72.8 Å². The molecule has 37 heavy (non-hydrogen) atoms. The number of nitrogens with zero attached hydrogens (tertiary/aromatic N) is 3. The Bertz CT molecular complexity index is 1810. The summed E-state index contributed by atoms with van der Waals surface area (Å²) in [5, 5.41) is 11.3. The first-order valence-electron chi connectivity index (χ1n) is 11.9. The molecule has 0 radical (unpaired) electrons. The van der Waals surface area contributed by atoms with Gasteiger partial charge in [0, 0.05) is 20.1 Å². The topological polar surface area (TPSA) is 109 Å². The molecule has 0 saturated heterocycles. The highest BCUT2D eigenvalue weighted by Crippen LogP contribution is 2.20. The molecule has 1 aliphatic heterocycles.